The van der Waals surface area contributed by atoms with Gasteiger partial charge in [0.25, 0.3) is 0 Å². The minimum atomic E-state index is -0.239. The highest BCUT2D eigenvalue weighted by Gasteiger charge is 2.05. The van der Waals surface area contributed by atoms with Crippen LogP contribution in [0, 0.1) is 0 Å². The zero-order chi connectivity index (χ0) is 15.1. The third kappa shape index (κ3) is 4.72. The molecule has 0 aliphatic carbocycles. The maximum Gasteiger partial charge on any atom is 0.217 e. The summed E-state index contributed by atoms with van der Waals surface area (Å²) in [4.78, 5) is 10.7. The first-order valence-corrected chi connectivity index (χ1v) is 7.34. The van der Waals surface area contributed by atoms with E-state index in [-0.39, 0.29) is 11.9 Å². The van der Waals surface area contributed by atoms with E-state index in [1.807, 2.05) is 18.2 Å². The first-order chi connectivity index (χ1) is 10.2. The summed E-state index contributed by atoms with van der Waals surface area (Å²) < 4.78 is 0. The van der Waals surface area contributed by atoms with Gasteiger partial charge >= 0.3 is 0 Å². The van der Waals surface area contributed by atoms with Crippen molar-refractivity contribution in [2.24, 2.45) is 5.73 Å². The molecule has 0 bridgehead atoms. The van der Waals surface area contributed by atoms with Crippen molar-refractivity contribution in [3.63, 3.8) is 0 Å². The highest BCUT2D eigenvalue weighted by molar-refractivity contribution is 5.73. The van der Waals surface area contributed by atoms with Crippen LogP contribution in [0.15, 0.2) is 54.6 Å². The van der Waals surface area contributed by atoms with E-state index in [0.717, 1.165) is 13.0 Å². The largest absolute Gasteiger partial charge is 0.370 e. The molecule has 0 aliphatic heterocycles. The molecule has 1 atom stereocenters. The number of benzene rings is 2. The molecule has 0 heterocycles. The zero-order valence-electron chi connectivity index (χ0n) is 12.4. The highest BCUT2D eigenvalue weighted by Crippen LogP contribution is 2.21. The van der Waals surface area contributed by atoms with Gasteiger partial charge in [0.05, 0.1) is 0 Å². The summed E-state index contributed by atoms with van der Waals surface area (Å²) in [5.74, 6) is -0.239. The molecule has 0 saturated heterocycles. The number of nitrogens with two attached hydrogens (primary N) is 1. The SMILES string of the molecule is CC(NCCCC(N)=O)c1ccc(-c2ccccc2)cc1. The molecule has 110 valence electrons. The van der Waals surface area contributed by atoms with Crippen LogP contribution in [-0.2, 0) is 4.79 Å². The Bertz CT molecular complexity index is 564. The Balaban J connectivity index is 1.91. The number of hydrogen-bond donors (Lipinski definition) is 2. The topological polar surface area (TPSA) is 55.1 Å². The van der Waals surface area contributed by atoms with E-state index < -0.39 is 0 Å². The van der Waals surface area contributed by atoms with Crippen molar-refractivity contribution < 1.29 is 4.79 Å². The number of carbonyl (C=O) groups excluding carboxylic acids is 1. The lowest BCUT2D eigenvalue weighted by Crippen LogP contribution is -2.21. The standard InChI is InChI=1S/C18H22N2O/c1-14(20-13-5-8-18(19)21)15-9-11-17(12-10-15)16-6-3-2-4-7-16/h2-4,6-7,9-12,14,20H,5,8,13H2,1H3,(H2,19,21). The van der Waals surface area contributed by atoms with Gasteiger partial charge in [0.2, 0.25) is 5.91 Å². The van der Waals surface area contributed by atoms with Crippen molar-refractivity contribution in [2.75, 3.05) is 6.54 Å². The molecular weight excluding hydrogens is 260 g/mol. The molecule has 0 radical (unpaired) electrons. The van der Waals surface area contributed by atoms with Gasteiger partial charge in [-0.3, -0.25) is 4.79 Å². The van der Waals surface area contributed by atoms with Gasteiger partial charge in [-0.25, -0.2) is 0 Å². The van der Waals surface area contributed by atoms with E-state index in [1.54, 1.807) is 0 Å². The summed E-state index contributed by atoms with van der Waals surface area (Å²) in [7, 11) is 0. The molecule has 3 nitrogen and oxygen atoms in total. The van der Waals surface area contributed by atoms with Gasteiger partial charge in [0.1, 0.15) is 0 Å². The summed E-state index contributed by atoms with van der Waals surface area (Å²) in [6.07, 6.45) is 1.22. The van der Waals surface area contributed by atoms with Crippen LogP contribution in [0.2, 0.25) is 0 Å². The Kier molecular flexibility index (Phi) is 5.52. The Morgan fingerprint density at radius 2 is 1.67 bits per heavy atom. The van der Waals surface area contributed by atoms with Crippen LogP contribution in [0.3, 0.4) is 0 Å². The van der Waals surface area contributed by atoms with Gasteiger partial charge in [-0.2, -0.15) is 0 Å². The molecular formula is C18H22N2O. The number of carbonyl (C=O) groups is 1. The van der Waals surface area contributed by atoms with Gasteiger partial charge in [-0.05, 0) is 36.6 Å². The molecule has 0 aliphatic rings. The molecule has 0 spiro atoms. The fraction of sp³-hybridized carbons (Fsp3) is 0.278. The monoisotopic (exact) mass is 282 g/mol. The van der Waals surface area contributed by atoms with E-state index in [9.17, 15) is 4.79 Å². The molecule has 1 unspecified atom stereocenters. The smallest absolute Gasteiger partial charge is 0.217 e. The van der Waals surface area contributed by atoms with Gasteiger partial charge in [-0.15, -0.1) is 0 Å². The number of primary amides is 1. The van der Waals surface area contributed by atoms with Gasteiger partial charge in [-0.1, -0.05) is 54.6 Å². The van der Waals surface area contributed by atoms with Gasteiger partial charge in [0, 0.05) is 12.5 Å². The molecule has 2 aromatic rings. The van der Waals surface area contributed by atoms with Crippen molar-refractivity contribution in [1.82, 2.24) is 5.32 Å². The maximum atomic E-state index is 10.7. The molecule has 0 saturated carbocycles. The maximum absolute atomic E-state index is 10.7. The number of nitrogens with one attached hydrogen (secondary N) is 1. The normalized spacial score (nSPS) is 12.0. The lowest BCUT2D eigenvalue weighted by molar-refractivity contribution is -0.118. The molecule has 1 amide bonds. The fourth-order valence-electron chi connectivity index (χ4n) is 2.29. The molecule has 0 aromatic heterocycles. The number of amides is 1. The van der Waals surface area contributed by atoms with E-state index >= 15 is 0 Å². The summed E-state index contributed by atoms with van der Waals surface area (Å²) in [5, 5.41) is 3.41. The molecule has 3 heteroatoms. The number of rotatable bonds is 7. The molecule has 2 aromatic carbocycles. The predicted molar refractivity (Wildman–Crippen MR) is 86.7 cm³/mol. The quantitative estimate of drug-likeness (QED) is 0.766. The summed E-state index contributed by atoms with van der Waals surface area (Å²) in [6, 6.07) is 19.2. The van der Waals surface area contributed by atoms with E-state index in [2.05, 4.69) is 48.6 Å². The van der Waals surface area contributed by atoms with Crippen LogP contribution in [-0.4, -0.2) is 12.5 Å². The average Bonchev–Trinajstić information content (AvgIpc) is 2.52. The van der Waals surface area contributed by atoms with E-state index in [4.69, 9.17) is 5.73 Å². The van der Waals surface area contributed by atoms with Crippen LogP contribution in [0.25, 0.3) is 11.1 Å². The van der Waals surface area contributed by atoms with E-state index in [0.29, 0.717) is 6.42 Å². The van der Waals surface area contributed by atoms with Crippen molar-refractivity contribution in [1.29, 1.82) is 0 Å². The molecule has 0 fully saturated rings. The minimum absolute atomic E-state index is 0.239. The van der Waals surface area contributed by atoms with E-state index in [1.165, 1.54) is 16.7 Å². The Labute approximate surface area is 126 Å². The highest BCUT2D eigenvalue weighted by atomic mass is 16.1. The van der Waals surface area contributed by atoms with Crippen LogP contribution in [0.4, 0.5) is 0 Å². The third-order valence-electron chi connectivity index (χ3n) is 3.57. The van der Waals surface area contributed by atoms with Crippen molar-refractivity contribution in [3.05, 3.63) is 60.2 Å². The summed E-state index contributed by atoms with van der Waals surface area (Å²) in [5.41, 5.74) is 8.82. The second kappa shape index (κ2) is 7.60. The lowest BCUT2D eigenvalue weighted by atomic mass is 10.0. The molecule has 2 rings (SSSR count). The zero-order valence-corrected chi connectivity index (χ0v) is 12.4. The van der Waals surface area contributed by atoms with Crippen LogP contribution in [0.5, 0.6) is 0 Å². The fourth-order valence-corrected chi connectivity index (χ4v) is 2.29. The second-order valence-corrected chi connectivity index (χ2v) is 5.23. The predicted octanol–water partition coefficient (Wildman–Crippen LogP) is 3.27. The minimum Gasteiger partial charge on any atom is -0.370 e. The summed E-state index contributed by atoms with van der Waals surface area (Å²) >= 11 is 0. The molecule has 21 heavy (non-hydrogen) atoms. The van der Waals surface area contributed by atoms with Gasteiger partial charge in [0.15, 0.2) is 0 Å². The Hall–Kier alpha value is -2.13. The Morgan fingerprint density at radius 1 is 1.05 bits per heavy atom. The average molecular weight is 282 g/mol. The van der Waals surface area contributed by atoms with Crippen molar-refractivity contribution in [3.8, 4) is 11.1 Å². The first kappa shape index (κ1) is 15.3. The summed E-state index contributed by atoms with van der Waals surface area (Å²) in [6.45, 7) is 2.92. The van der Waals surface area contributed by atoms with Crippen molar-refractivity contribution in [2.45, 2.75) is 25.8 Å². The van der Waals surface area contributed by atoms with Crippen LogP contribution in [0.1, 0.15) is 31.4 Å². The molecule has 3 N–H and O–H groups in total. The second-order valence-electron chi connectivity index (χ2n) is 5.23. The van der Waals surface area contributed by atoms with Crippen LogP contribution < -0.4 is 11.1 Å². The number of hydrogen-bond acceptors (Lipinski definition) is 2. The Morgan fingerprint density at radius 3 is 2.29 bits per heavy atom. The first-order valence-electron chi connectivity index (χ1n) is 7.34. The lowest BCUT2D eigenvalue weighted by Gasteiger charge is -2.14. The van der Waals surface area contributed by atoms with Gasteiger partial charge < -0.3 is 11.1 Å². The van der Waals surface area contributed by atoms with Crippen molar-refractivity contribution >= 4 is 5.91 Å². The van der Waals surface area contributed by atoms with Crippen LogP contribution >= 0.6 is 0 Å². The third-order valence-corrected chi connectivity index (χ3v) is 3.57.